The van der Waals surface area contributed by atoms with Crippen molar-refractivity contribution in [2.24, 2.45) is 10.7 Å². The van der Waals surface area contributed by atoms with Crippen molar-refractivity contribution in [3.8, 4) is 5.75 Å². The number of guanidine groups is 1. The first kappa shape index (κ1) is 21.7. The first-order chi connectivity index (χ1) is 11.4. The zero-order valence-electron chi connectivity index (χ0n) is 14.2. The third-order valence-corrected chi connectivity index (χ3v) is 3.89. The van der Waals surface area contributed by atoms with E-state index in [1.165, 1.54) is 0 Å². The van der Waals surface area contributed by atoms with Crippen LogP contribution < -0.4 is 15.8 Å². The van der Waals surface area contributed by atoms with Crippen LogP contribution in [-0.2, 0) is 0 Å². The van der Waals surface area contributed by atoms with Gasteiger partial charge in [-0.2, -0.15) is 0 Å². The van der Waals surface area contributed by atoms with Crippen LogP contribution in [0.5, 0.6) is 5.75 Å². The van der Waals surface area contributed by atoms with Gasteiger partial charge in [-0.1, -0.05) is 18.2 Å². The molecule has 5 nitrogen and oxygen atoms in total. The fourth-order valence-electron chi connectivity index (χ4n) is 2.24. The van der Waals surface area contributed by atoms with Crippen LogP contribution in [0.4, 0.5) is 5.69 Å². The highest BCUT2D eigenvalue weighted by Gasteiger charge is 2.07. The summed E-state index contributed by atoms with van der Waals surface area (Å²) in [7, 11) is 0. The quantitative estimate of drug-likeness (QED) is 0.307. The van der Waals surface area contributed by atoms with Gasteiger partial charge in [-0.05, 0) is 65.2 Å². The lowest BCUT2D eigenvalue weighted by atomic mass is 10.1. The van der Waals surface area contributed by atoms with Gasteiger partial charge in [-0.25, -0.2) is 0 Å². The van der Waals surface area contributed by atoms with Crippen molar-refractivity contribution in [3.63, 3.8) is 0 Å². The van der Waals surface area contributed by atoms with Crippen LogP contribution in [0.3, 0.4) is 0 Å². The van der Waals surface area contributed by atoms with Gasteiger partial charge in [0.15, 0.2) is 5.96 Å². The van der Waals surface area contributed by atoms with E-state index >= 15 is 0 Å². The molecular weight excluding hydrogens is 497 g/mol. The Hall–Kier alpha value is -1.32. The molecule has 7 heteroatoms. The SMILES string of the molecule is Cc1cc(C)cc(NC(N)=NCC(O)COc2ccccc2Br)c1.I. The number of ether oxygens (including phenoxy) is 1. The lowest BCUT2D eigenvalue weighted by molar-refractivity contribution is 0.114. The number of aliphatic hydroxyl groups excluding tert-OH is 1. The number of nitrogens with two attached hydrogens (primary N) is 1. The monoisotopic (exact) mass is 519 g/mol. The summed E-state index contributed by atoms with van der Waals surface area (Å²) >= 11 is 3.39. The largest absolute Gasteiger partial charge is 0.490 e. The van der Waals surface area contributed by atoms with E-state index in [9.17, 15) is 5.11 Å². The van der Waals surface area contributed by atoms with Crippen LogP contribution in [0.1, 0.15) is 11.1 Å². The van der Waals surface area contributed by atoms with Crippen molar-refractivity contribution >= 4 is 51.6 Å². The van der Waals surface area contributed by atoms with Crippen LogP contribution >= 0.6 is 39.9 Å². The molecule has 0 aliphatic carbocycles. The number of hydrogen-bond acceptors (Lipinski definition) is 3. The van der Waals surface area contributed by atoms with Crippen molar-refractivity contribution in [3.05, 3.63) is 58.1 Å². The number of benzene rings is 2. The first-order valence-corrected chi connectivity index (χ1v) is 8.44. The number of aliphatic imine (C=N–C) groups is 1. The summed E-state index contributed by atoms with van der Waals surface area (Å²) in [6.45, 7) is 4.35. The molecule has 136 valence electrons. The second-order valence-corrected chi connectivity index (χ2v) is 6.48. The summed E-state index contributed by atoms with van der Waals surface area (Å²) in [4.78, 5) is 4.16. The lowest BCUT2D eigenvalue weighted by Gasteiger charge is -2.12. The van der Waals surface area contributed by atoms with E-state index in [2.05, 4.69) is 32.3 Å². The van der Waals surface area contributed by atoms with E-state index in [0.717, 1.165) is 21.3 Å². The molecule has 2 aromatic carbocycles. The predicted molar refractivity (Wildman–Crippen MR) is 117 cm³/mol. The number of aryl methyl sites for hydroxylation is 2. The fourth-order valence-corrected chi connectivity index (χ4v) is 2.64. The normalized spacial score (nSPS) is 12.2. The minimum Gasteiger partial charge on any atom is -0.490 e. The zero-order chi connectivity index (χ0) is 17.5. The van der Waals surface area contributed by atoms with Gasteiger partial charge in [-0.3, -0.25) is 4.99 Å². The molecular formula is C18H23BrIN3O2. The highest BCUT2D eigenvalue weighted by Crippen LogP contribution is 2.23. The maximum absolute atomic E-state index is 9.97. The molecule has 1 unspecified atom stereocenters. The van der Waals surface area contributed by atoms with Gasteiger partial charge >= 0.3 is 0 Å². The molecule has 1 atom stereocenters. The Labute approximate surface area is 173 Å². The van der Waals surface area contributed by atoms with Gasteiger partial charge in [-0.15, -0.1) is 24.0 Å². The lowest BCUT2D eigenvalue weighted by Crippen LogP contribution is -2.27. The maximum atomic E-state index is 9.97. The second kappa shape index (κ2) is 10.6. The first-order valence-electron chi connectivity index (χ1n) is 7.64. The molecule has 0 saturated heterocycles. The highest BCUT2D eigenvalue weighted by molar-refractivity contribution is 14.0. The van der Waals surface area contributed by atoms with E-state index in [4.69, 9.17) is 10.5 Å². The number of aliphatic hydroxyl groups is 1. The minimum atomic E-state index is -0.739. The van der Waals surface area contributed by atoms with Crippen LogP contribution in [0.2, 0.25) is 0 Å². The summed E-state index contributed by atoms with van der Waals surface area (Å²) in [6, 6.07) is 13.5. The second-order valence-electron chi connectivity index (χ2n) is 5.62. The zero-order valence-corrected chi connectivity index (χ0v) is 18.1. The van der Waals surface area contributed by atoms with Gasteiger partial charge in [0.05, 0.1) is 11.0 Å². The van der Waals surface area contributed by atoms with Gasteiger partial charge in [0.1, 0.15) is 18.5 Å². The van der Waals surface area contributed by atoms with Crippen molar-refractivity contribution in [1.82, 2.24) is 0 Å². The Bertz CT molecular complexity index is 705. The summed E-state index contributed by atoms with van der Waals surface area (Å²) in [5.41, 5.74) is 9.04. The molecule has 0 fully saturated rings. The molecule has 0 spiro atoms. The summed E-state index contributed by atoms with van der Waals surface area (Å²) in [5, 5.41) is 13.0. The predicted octanol–water partition coefficient (Wildman–Crippen LogP) is 3.85. The van der Waals surface area contributed by atoms with Crippen molar-refractivity contribution in [1.29, 1.82) is 0 Å². The average Bonchev–Trinajstić information content (AvgIpc) is 2.51. The molecule has 0 saturated carbocycles. The molecule has 2 aromatic rings. The molecule has 0 aromatic heterocycles. The van der Waals surface area contributed by atoms with E-state index in [1.807, 2.05) is 50.2 Å². The van der Waals surface area contributed by atoms with Crippen LogP contribution in [-0.4, -0.2) is 30.3 Å². The van der Waals surface area contributed by atoms with Gasteiger partial charge in [0.25, 0.3) is 0 Å². The maximum Gasteiger partial charge on any atom is 0.193 e. The molecule has 0 bridgehead atoms. The third-order valence-electron chi connectivity index (χ3n) is 3.23. The van der Waals surface area contributed by atoms with Gasteiger partial charge in [0.2, 0.25) is 0 Å². The van der Waals surface area contributed by atoms with Crippen LogP contribution in [0.15, 0.2) is 51.9 Å². The summed E-state index contributed by atoms with van der Waals surface area (Å²) in [6.07, 6.45) is -0.739. The number of para-hydroxylation sites is 1. The number of hydrogen-bond donors (Lipinski definition) is 3. The van der Waals surface area contributed by atoms with Crippen LogP contribution in [0.25, 0.3) is 0 Å². The number of anilines is 1. The Balaban J connectivity index is 0.00000312. The number of nitrogens with zero attached hydrogens (tertiary/aromatic N) is 1. The van der Waals surface area contributed by atoms with E-state index in [-0.39, 0.29) is 43.1 Å². The van der Waals surface area contributed by atoms with Crippen molar-refractivity contribution < 1.29 is 9.84 Å². The molecule has 0 amide bonds. The Morgan fingerprint density at radius 3 is 2.52 bits per heavy atom. The van der Waals surface area contributed by atoms with Crippen LogP contribution in [0, 0.1) is 13.8 Å². The topological polar surface area (TPSA) is 79.9 Å². The Kier molecular flexibility index (Phi) is 9.23. The molecule has 0 aliphatic heterocycles. The van der Waals surface area contributed by atoms with Crippen molar-refractivity contribution in [2.75, 3.05) is 18.5 Å². The number of rotatable bonds is 6. The van der Waals surface area contributed by atoms with E-state index < -0.39 is 6.10 Å². The number of nitrogens with one attached hydrogen (secondary N) is 1. The fraction of sp³-hybridized carbons (Fsp3) is 0.278. The smallest absolute Gasteiger partial charge is 0.193 e. The number of halogens is 2. The molecule has 25 heavy (non-hydrogen) atoms. The summed E-state index contributed by atoms with van der Waals surface area (Å²) in [5.74, 6) is 0.946. The third kappa shape index (κ3) is 7.62. The van der Waals surface area contributed by atoms with E-state index in [0.29, 0.717) is 5.75 Å². The molecule has 0 heterocycles. The Morgan fingerprint density at radius 1 is 1.24 bits per heavy atom. The van der Waals surface area contributed by atoms with Gasteiger partial charge < -0.3 is 20.9 Å². The minimum absolute atomic E-state index is 0. The molecule has 0 aliphatic rings. The molecule has 4 N–H and O–H groups in total. The van der Waals surface area contributed by atoms with Gasteiger partial charge in [0, 0.05) is 5.69 Å². The van der Waals surface area contributed by atoms with Crippen molar-refractivity contribution in [2.45, 2.75) is 20.0 Å². The molecule has 0 radical (unpaired) electrons. The summed E-state index contributed by atoms with van der Waals surface area (Å²) < 4.78 is 6.40. The standard InChI is InChI=1S/C18H22BrN3O2.HI/c1-12-7-13(2)9-14(8-12)22-18(20)21-10-15(23)11-24-17-6-4-3-5-16(17)19;/h3-9,15,23H,10-11H2,1-2H3,(H3,20,21,22);1H. The highest BCUT2D eigenvalue weighted by atomic mass is 127. The van der Waals surface area contributed by atoms with E-state index in [1.54, 1.807) is 0 Å². The Morgan fingerprint density at radius 2 is 1.88 bits per heavy atom. The average molecular weight is 520 g/mol. The molecule has 2 rings (SSSR count).